The van der Waals surface area contributed by atoms with Crippen molar-refractivity contribution in [2.45, 2.75) is 24.6 Å². The molecule has 0 fully saturated rings. The van der Waals surface area contributed by atoms with Crippen molar-refractivity contribution in [3.05, 3.63) is 119 Å². The van der Waals surface area contributed by atoms with Crippen LogP contribution in [0, 0.1) is 6.92 Å². The summed E-state index contributed by atoms with van der Waals surface area (Å²) in [5.74, 6) is -0.759. The Kier molecular flexibility index (Phi) is 9.29. The summed E-state index contributed by atoms with van der Waals surface area (Å²) in [6.07, 6.45) is -1.26. The van der Waals surface area contributed by atoms with E-state index in [1.807, 2.05) is 73.7 Å². The number of aliphatic hydroxyl groups is 1. The zero-order valence-electron chi connectivity index (χ0n) is 25.1. The van der Waals surface area contributed by atoms with Gasteiger partial charge in [0.25, 0.3) is 0 Å². The van der Waals surface area contributed by atoms with E-state index in [2.05, 4.69) is 22.8 Å². The second-order valence-corrected chi connectivity index (χ2v) is 10.5. The number of aliphatic hydroxyl groups excluding tert-OH is 1. The Bertz CT molecular complexity index is 1590. The summed E-state index contributed by atoms with van der Waals surface area (Å²) >= 11 is 0. The molecule has 1 aliphatic rings. The highest BCUT2D eigenvalue weighted by Crippen LogP contribution is 2.51. The van der Waals surface area contributed by atoms with Crippen molar-refractivity contribution in [2.75, 3.05) is 40.0 Å². The van der Waals surface area contributed by atoms with Crippen LogP contribution < -0.4 is 15.4 Å². The predicted octanol–water partition coefficient (Wildman–Crippen LogP) is 4.64. The summed E-state index contributed by atoms with van der Waals surface area (Å²) in [6, 6.07) is 28.0. The molecule has 2 atom stereocenters. The number of hydrogen-bond acceptors (Lipinski definition) is 9. The lowest BCUT2D eigenvalue weighted by molar-refractivity contribution is -0.146. The highest BCUT2D eigenvalue weighted by Gasteiger charge is 2.48. The number of ether oxygens (including phenoxy) is 4. The van der Waals surface area contributed by atoms with E-state index in [-0.39, 0.29) is 18.9 Å². The van der Waals surface area contributed by atoms with E-state index in [0.29, 0.717) is 17.0 Å². The Hall–Kier alpha value is -4.70. The van der Waals surface area contributed by atoms with Crippen LogP contribution in [0.25, 0.3) is 11.1 Å². The zero-order chi connectivity index (χ0) is 31.3. The molecule has 5 rings (SSSR count). The molecule has 0 saturated heterocycles. The molecule has 0 spiro atoms. The fourth-order valence-corrected chi connectivity index (χ4v) is 5.86. The van der Waals surface area contributed by atoms with Crippen molar-refractivity contribution in [2.24, 2.45) is 0 Å². The molecule has 0 bridgehead atoms. The Morgan fingerprint density at radius 2 is 1.45 bits per heavy atom. The second-order valence-electron chi connectivity index (χ2n) is 10.5. The highest BCUT2D eigenvalue weighted by atomic mass is 16.7. The van der Waals surface area contributed by atoms with Gasteiger partial charge in [-0.1, -0.05) is 78.9 Å². The number of fused-ring (bicyclic) bond motifs is 3. The molecule has 0 aromatic heterocycles. The Morgan fingerprint density at radius 1 is 0.841 bits per heavy atom. The van der Waals surface area contributed by atoms with Gasteiger partial charge in [0.05, 0.1) is 31.4 Å². The first kappa shape index (κ1) is 30.7. The molecule has 3 N–H and O–H groups in total. The molecule has 0 saturated carbocycles. The molecule has 0 radical (unpaired) electrons. The van der Waals surface area contributed by atoms with Crippen LogP contribution in [-0.4, -0.2) is 63.9 Å². The third-order valence-electron chi connectivity index (χ3n) is 7.99. The minimum atomic E-state index is -1.26. The molecule has 0 heterocycles. The molecule has 9 nitrogen and oxygen atoms in total. The van der Waals surface area contributed by atoms with Crippen LogP contribution in [0.15, 0.2) is 91.0 Å². The van der Waals surface area contributed by atoms with Crippen LogP contribution in [0.3, 0.4) is 0 Å². The molecular weight excluding hydrogens is 560 g/mol. The van der Waals surface area contributed by atoms with Crippen molar-refractivity contribution in [1.29, 1.82) is 0 Å². The summed E-state index contributed by atoms with van der Waals surface area (Å²) in [7, 11) is 4.09. The van der Waals surface area contributed by atoms with Gasteiger partial charge in [-0.15, -0.1) is 0 Å². The van der Waals surface area contributed by atoms with Crippen LogP contribution in [0.1, 0.15) is 32.6 Å². The maximum atomic E-state index is 13.4. The first-order chi connectivity index (χ1) is 21.3. The quantitative estimate of drug-likeness (QED) is 0.159. The monoisotopic (exact) mass is 596 g/mol. The van der Waals surface area contributed by atoms with Gasteiger partial charge >= 0.3 is 11.9 Å². The van der Waals surface area contributed by atoms with Gasteiger partial charge in [-0.3, -0.25) is 10.1 Å². The van der Waals surface area contributed by atoms with E-state index >= 15 is 0 Å². The van der Waals surface area contributed by atoms with Gasteiger partial charge < -0.3 is 29.4 Å². The molecule has 44 heavy (non-hydrogen) atoms. The summed E-state index contributed by atoms with van der Waals surface area (Å²) in [6.45, 7) is 1.73. The first-order valence-corrected chi connectivity index (χ1v) is 14.2. The van der Waals surface area contributed by atoms with Gasteiger partial charge in [0.2, 0.25) is 0 Å². The van der Waals surface area contributed by atoms with E-state index in [1.54, 1.807) is 12.1 Å². The summed E-state index contributed by atoms with van der Waals surface area (Å²) in [5.41, 5.74) is 5.41. The Labute approximate surface area is 256 Å². The summed E-state index contributed by atoms with van der Waals surface area (Å²) < 4.78 is 20.8. The molecular formula is C35H36N2O7. The molecule has 0 aliphatic heterocycles. The Balaban J connectivity index is 1.53. The van der Waals surface area contributed by atoms with Crippen LogP contribution >= 0.6 is 0 Å². The molecule has 4 aromatic rings. The largest absolute Gasteiger partial charge is 0.468 e. The van der Waals surface area contributed by atoms with Gasteiger partial charge in [-0.25, -0.2) is 4.79 Å². The average Bonchev–Trinajstić information content (AvgIpc) is 3.36. The first-order valence-electron chi connectivity index (χ1n) is 14.2. The molecule has 0 unspecified atom stereocenters. The Morgan fingerprint density at radius 3 is 2.05 bits per heavy atom. The number of rotatable bonds is 12. The van der Waals surface area contributed by atoms with E-state index in [4.69, 9.17) is 18.9 Å². The number of esters is 2. The van der Waals surface area contributed by atoms with Gasteiger partial charge in [0.1, 0.15) is 11.8 Å². The fourth-order valence-electron chi connectivity index (χ4n) is 5.86. The lowest BCUT2D eigenvalue weighted by Gasteiger charge is -2.38. The molecule has 0 amide bonds. The van der Waals surface area contributed by atoms with Crippen LogP contribution in [0.4, 0.5) is 5.69 Å². The van der Waals surface area contributed by atoms with Crippen LogP contribution in [-0.2, 0) is 24.5 Å². The normalized spacial score (nSPS) is 14.1. The van der Waals surface area contributed by atoms with Crippen LogP contribution in [0.5, 0.6) is 5.75 Å². The number of hydrogen-bond donors (Lipinski definition) is 3. The highest BCUT2D eigenvalue weighted by molar-refractivity contribution is 5.91. The maximum Gasteiger partial charge on any atom is 0.338 e. The molecule has 228 valence electrons. The van der Waals surface area contributed by atoms with Gasteiger partial charge in [-0.2, -0.15) is 0 Å². The maximum absolute atomic E-state index is 13.4. The minimum absolute atomic E-state index is 0.0214. The van der Waals surface area contributed by atoms with Gasteiger partial charge in [-0.05, 0) is 46.9 Å². The molecule has 1 aliphatic carbocycles. The van der Waals surface area contributed by atoms with E-state index in [0.717, 1.165) is 27.8 Å². The fraction of sp³-hybridized carbons (Fsp3) is 0.257. The summed E-state index contributed by atoms with van der Waals surface area (Å²) in [4.78, 5) is 25.8. The third-order valence-corrected chi connectivity index (χ3v) is 7.99. The topological polar surface area (TPSA) is 115 Å². The summed E-state index contributed by atoms with van der Waals surface area (Å²) in [5, 5.41) is 18.4. The third kappa shape index (κ3) is 5.65. The SMILES string of the molecule is COCOc1cc(C(=O)OC)cc(NC[C@@H](O)[C@H](NC2(c3ccccc3)c3ccccc3-c3ccccc32)C(=O)OC)c1C. The smallest absolute Gasteiger partial charge is 0.338 e. The van der Waals surface area contributed by atoms with E-state index in [1.165, 1.54) is 21.3 Å². The number of nitrogens with one attached hydrogen (secondary N) is 2. The van der Waals surface area contributed by atoms with Crippen molar-refractivity contribution >= 4 is 17.6 Å². The number of carbonyl (C=O) groups excluding carboxylic acids is 2. The number of carbonyl (C=O) groups is 2. The number of anilines is 1. The lowest BCUT2D eigenvalue weighted by atomic mass is 9.79. The van der Waals surface area contributed by atoms with Crippen molar-refractivity contribution in [1.82, 2.24) is 5.32 Å². The predicted molar refractivity (Wildman–Crippen MR) is 167 cm³/mol. The van der Waals surface area contributed by atoms with Gasteiger partial charge in [0, 0.05) is 24.9 Å². The number of methoxy groups -OCH3 is 3. The zero-order valence-corrected chi connectivity index (χ0v) is 25.1. The second kappa shape index (κ2) is 13.3. The van der Waals surface area contributed by atoms with Crippen molar-refractivity contribution < 1.29 is 33.6 Å². The van der Waals surface area contributed by atoms with Crippen LogP contribution in [0.2, 0.25) is 0 Å². The lowest BCUT2D eigenvalue weighted by Crippen LogP contribution is -2.57. The average molecular weight is 597 g/mol. The van der Waals surface area contributed by atoms with Crippen molar-refractivity contribution in [3.63, 3.8) is 0 Å². The van der Waals surface area contributed by atoms with E-state index in [9.17, 15) is 14.7 Å². The standard InChI is InChI=1S/C35H36N2O7/c1-22-29(18-23(33(39)42-3)19-31(22)44-21-41-2)36-20-30(38)32(34(40)43-4)37-35(24-12-6-5-7-13-24)27-16-10-8-14-25(27)26-15-9-11-17-28(26)35/h5-19,30,32,36-38H,20-21H2,1-4H3/t30-,32+/m1/s1. The molecule has 9 heteroatoms. The minimum Gasteiger partial charge on any atom is -0.468 e. The molecule has 4 aromatic carbocycles. The van der Waals surface area contributed by atoms with E-state index < -0.39 is 29.6 Å². The van der Waals surface area contributed by atoms with Crippen molar-refractivity contribution in [3.8, 4) is 16.9 Å². The number of benzene rings is 4. The van der Waals surface area contributed by atoms with Gasteiger partial charge in [0.15, 0.2) is 6.79 Å².